The Kier molecular flexibility index (Phi) is 73.7. The molecule has 0 heterocycles. The van der Waals surface area contributed by atoms with Crippen molar-refractivity contribution < 1.29 is 4.79 Å². The van der Waals surface area contributed by atoms with Crippen molar-refractivity contribution >= 4 is 5.78 Å². The van der Waals surface area contributed by atoms with E-state index in [-0.39, 0.29) is 11.8 Å². The van der Waals surface area contributed by atoms with Gasteiger partial charge in [-0.15, -0.1) is 13.2 Å². The minimum absolute atomic E-state index is 0.123. The van der Waals surface area contributed by atoms with Crippen molar-refractivity contribution in [2.45, 2.75) is 236 Å². The Bertz CT molecular complexity index is 1020. The smallest absolute Gasteiger partial charge is 0.156 e. The standard InChI is InChI=1S/C21H39N3.C9H17NO.C9H20.C5H10.C4H8.5C2H6/c1-13(2)16(6)20-18(21(20,8)9)12-24(10)15(5)11-19(14(3)4)23-17(7)22;1-4-6-8(10-3)7-9(11)5-2;1-5-8(3)7-9(4)6-2;1-4-5(2)3;1-3-4-2;5*1-2/h14,16,18-20,23H,1,5,7,11-12,22H2,2-4,6,8-10H3;5,8,10H,2,4,6-7H2,1,3H3;8-9H,5-7H2,1-4H3;2,4H2,1,3H3;3H,1,4H2,2H3;5*1-2H3/t16?,18-,19?,20+;;8-,9+;;;;;;;/m0........./s1. The number of hydrogen-bond donors (Lipinski definition) is 3. The fraction of sp³-hybridized carbons (Fsp3) is 0.776. The lowest BCUT2D eigenvalue weighted by Gasteiger charge is -2.29. The normalized spacial score (nSPS) is 15.3. The summed E-state index contributed by atoms with van der Waals surface area (Å²) in [6.07, 6.45) is 13.2. The van der Waals surface area contributed by atoms with E-state index in [9.17, 15) is 4.79 Å². The minimum Gasteiger partial charge on any atom is -0.386 e. The van der Waals surface area contributed by atoms with Crippen LogP contribution >= 0.6 is 0 Å². The van der Waals surface area contributed by atoms with E-state index in [0.29, 0.717) is 47.4 Å². The number of hydrogen-bond acceptors (Lipinski definition) is 5. The van der Waals surface area contributed by atoms with Crippen molar-refractivity contribution in [3.8, 4) is 0 Å². The fourth-order valence-corrected chi connectivity index (χ4v) is 6.00. The maximum absolute atomic E-state index is 10.9. The van der Waals surface area contributed by atoms with Gasteiger partial charge in [-0.1, -0.05) is 215 Å². The Hall–Kier alpha value is -2.53. The van der Waals surface area contributed by atoms with Gasteiger partial charge in [0, 0.05) is 44.2 Å². The van der Waals surface area contributed by atoms with E-state index in [1.165, 1.54) is 36.5 Å². The second kappa shape index (κ2) is 57.5. The predicted octanol–water partition coefficient (Wildman–Crippen LogP) is 18.0. The van der Waals surface area contributed by atoms with Crippen molar-refractivity contribution in [3.05, 3.63) is 74.3 Å². The first kappa shape index (κ1) is 80.7. The molecular weight excluding hydrogens is 769 g/mol. The number of ketones is 1. The highest BCUT2D eigenvalue weighted by Gasteiger charge is 2.59. The number of nitrogens with one attached hydrogen (secondary N) is 2. The number of carbonyl (C=O) groups is 1. The van der Waals surface area contributed by atoms with Gasteiger partial charge in [0.05, 0.1) is 5.82 Å². The first-order chi connectivity index (χ1) is 29.5. The van der Waals surface area contributed by atoms with Crippen LogP contribution in [0.3, 0.4) is 0 Å². The third kappa shape index (κ3) is 52.0. The van der Waals surface area contributed by atoms with E-state index in [4.69, 9.17) is 5.73 Å². The van der Waals surface area contributed by atoms with Crippen molar-refractivity contribution in [1.82, 2.24) is 15.5 Å². The third-order valence-electron chi connectivity index (χ3n) is 10.9. The van der Waals surface area contributed by atoms with Crippen LogP contribution in [0.5, 0.6) is 0 Å². The molecule has 0 bridgehead atoms. The van der Waals surface area contributed by atoms with Gasteiger partial charge in [0.1, 0.15) is 0 Å². The monoisotopic (exact) mass is 893 g/mol. The molecule has 3 unspecified atom stereocenters. The summed E-state index contributed by atoms with van der Waals surface area (Å²) in [6, 6.07) is 0.598. The molecule has 0 aromatic heterocycles. The average Bonchev–Trinajstić information content (AvgIpc) is 3.83. The van der Waals surface area contributed by atoms with Gasteiger partial charge in [-0.3, -0.25) is 4.79 Å². The molecule has 0 aromatic rings. The molecule has 5 heteroatoms. The van der Waals surface area contributed by atoms with Gasteiger partial charge in [0.25, 0.3) is 0 Å². The van der Waals surface area contributed by atoms with E-state index in [1.807, 2.05) is 89.3 Å². The van der Waals surface area contributed by atoms with Crippen LogP contribution in [-0.2, 0) is 4.79 Å². The highest BCUT2D eigenvalue weighted by molar-refractivity contribution is 5.89. The molecule has 0 spiro atoms. The second-order valence-corrected chi connectivity index (χ2v) is 16.7. The van der Waals surface area contributed by atoms with Gasteiger partial charge in [0.15, 0.2) is 5.78 Å². The molecule has 1 saturated carbocycles. The van der Waals surface area contributed by atoms with Crippen molar-refractivity contribution in [2.24, 2.45) is 46.7 Å². The maximum atomic E-state index is 10.9. The van der Waals surface area contributed by atoms with E-state index in [0.717, 1.165) is 56.2 Å². The van der Waals surface area contributed by atoms with Gasteiger partial charge in [0.2, 0.25) is 0 Å². The van der Waals surface area contributed by atoms with E-state index in [2.05, 4.69) is 152 Å². The molecule has 1 aliphatic carbocycles. The lowest BCUT2D eigenvalue weighted by molar-refractivity contribution is -0.115. The highest BCUT2D eigenvalue weighted by atomic mass is 16.1. The Morgan fingerprint density at radius 2 is 1.17 bits per heavy atom. The molecule has 0 amide bonds. The SMILES string of the molecule is C=C(C)CC.C=C(N)NC(CC(=C)N(C)C[C@H]1[C@@H](C(C)C(=C)C)C1(C)C)C(C)C.C=CC(=O)CC(CCC)NC.C=CCC.CC.CC.CC.CC.CC.CC[C@@H](C)C[C@@H](C)CC. The molecule has 4 N–H and O–H groups in total. The zero-order valence-electron chi connectivity index (χ0n) is 48.5. The summed E-state index contributed by atoms with van der Waals surface area (Å²) >= 11 is 0. The van der Waals surface area contributed by atoms with Crippen molar-refractivity contribution in [1.29, 1.82) is 0 Å². The van der Waals surface area contributed by atoms with Crippen molar-refractivity contribution in [2.75, 3.05) is 20.6 Å². The lowest BCUT2D eigenvalue weighted by atomic mass is 9.93. The van der Waals surface area contributed by atoms with E-state index < -0.39 is 0 Å². The van der Waals surface area contributed by atoms with Crippen LogP contribution in [-0.4, -0.2) is 43.4 Å². The van der Waals surface area contributed by atoms with Crippen LogP contribution in [0, 0.1) is 40.9 Å². The molecule has 1 fully saturated rings. The summed E-state index contributed by atoms with van der Waals surface area (Å²) < 4.78 is 0. The second-order valence-electron chi connectivity index (χ2n) is 16.7. The zero-order chi connectivity index (χ0) is 52.5. The third-order valence-corrected chi connectivity index (χ3v) is 10.9. The van der Waals surface area contributed by atoms with Crippen LogP contribution in [0.2, 0.25) is 0 Å². The number of allylic oxidation sites excluding steroid dienone is 4. The predicted molar refractivity (Wildman–Crippen MR) is 300 cm³/mol. The quantitative estimate of drug-likeness (QED) is 0.0746. The number of carbonyl (C=O) groups excluding carboxylic acids is 1. The van der Waals surface area contributed by atoms with Gasteiger partial charge in [-0.05, 0) is 93.6 Å². The summed E-state index contributed by atoms with van der Waals surface area (Å²) in [6.45, 7) is 75.0. The molecule has 0 aliphatic heterocycles. The lowest BCUT2D eigenvalue weighted by Crippen LogP contribution is -2.37. The Morgan fingerprint density at radius 1 is 0.778 bits per heavy atom. The van der Waals surface area contributed by atoms with Gasteiger partial charge in [-0.25, -0.2) is 0 Å². The van der Waals surface area contributed by atoms with Crippen LogP contribution < -0.4 is 16.4 Å². The van der Waals surface area contributed by atoms with Crippen LogP contribution in [0.4, 0.5) is 0 Å². The molecule has 1 rings (SSSR count). The Morgan fingerprint density at radius 3 is 1.43 bits per heavy atom. The topological polar surface area (TPSA) is 70.4 Å². The molecule has 5 nitrogen and oxygen atoms in total. The highest BCUT2D eigenvalue weighted by Crippen LogP contribution is 2.63. The van der Waals surface area contributed by atoms with Crippen LogP contribution in [0.15, 0.2) is 74.3 Å². The van der Waals surface area contributed by atoms with Gasteiger partial charge < -0.3 is 21.3 Å². The zero-order valence-corrected chi connectivity index (χ0v) is 48.5. The van der Waals surface area contributed by atoms with Gasteiger partial charge in [-0.2, -0.15) is 0 Å². The molecule has 0 aromatic carbocycles. The molecule has 63 heavy (non-hydrogen) atoms. The van der Waals surface area contributed by atoms with E-state index >= 15 is 0 Å². The summed E-state index contributed by atoms with van der Waals surface area (Å²) in [4.78, 5) is 13.2. The number of nitrogens with two attached hydrogens (primary N) is 1. The van der Waals surface area contributed by atoms with Crippen LogP contribution in [0.25, 0.3) is 0 Å². The molecule has 382 valence electrons. The summed E-state index contributed by atoms with van der Waals surface area (Å²) in [5.41, 5.74) is 9.82. The Labute approximate surface area is 402 Å². The summed E-state index contributed by atoms with van der Waals surface area (Å²) in [7, 11) is 4.05. The molecule has 7 atom stereocenters. The van der Waals surface area contributed by atoms with Crippen LogP contribution in [0.1, 0.15) is 224 Å². The van der Waals surface area contributed by atoms with Gasteiger partial charge >= 0.3 is 0 Å². The minimum atomic E-state index is 0.123. The maximum Gasteiger partial charge on any atom is 0.156 e. The summed E-state index contributed by atoms with van der Waals surface area (Å²) in [5.74, 6) is 4.98. The fourth-order valence-electron chi connectivity index (χ4n) is 6.00. The first-order valence-electron chi connectivity index (χ1n) is 25.8. The molecule has 1 aliphatic rings. The average molecular weight is 894 g/mol. The number of nitrogens with zero attached hydrogens (tertiary/aromatic N) is 1. The summed E-state index contributed by atoms with van der Waals surface area (Å²) in [5, 5.41) is 6.38. The Balaban J connectivity index is -0.0000000893. The first-order valence-corrected chi connectivity index (χ1v) is 25.8. The molecule has 0 saturated heterocycles. The molecule has 0 radical (unpaired) electrons. The van der Waals surface area contributed by atoms with Crippen molar-refractivity contribution in [3.63, 3.8) is 0 Å². The molecular formula is C58H124N4O. The number of rotatable bonds is 22. The van der Waals surface area contributed by atoms with E-state index in [1.54, 1.807) is 0 Å². The largest absolute Gasteiger partial charge is 0.386 e.